The molecule has 0 N–H and O–H groups in total. The third-order valence-corrected chi connectivity index (χ3v) is 10.5. The van der Waals surface area contributed by atoms with Gasteiger partial charge in [0.05, 0.1) is 5.56 Å². The fourth-order valence-corrected chi connectivity index (χ4v) is 8.67. The molecule has 0 aromatic heterocycles. The number of hydrogen-bond donors (Lipinski definition) is 0. The minimum atomic E-state index is -2.04. The number of ether oxygens (including phenoxy) is 1. The Balaban J connectivity index is -0.000000101. The van der Waals surface area contributed by atoms with Gasteiger partial charge >= 0.3 is 73.8 Å². The van der Waals surface area contributed by atoms with E-state index in [9.17, 15) is 4.79 Å². The number of esters is 1. The molecule has 9 nitrogen and oxygen atoms in total. The van der Waals surface area contributed by atoms with E-state index in [1.54, 1.807) is 24.3 Å². The van der Waals surface area contributed by atoms with E-state index in [2.05, 4.69) is 99.9 Å². The largest absolute Gasteiger partial charge is 0 e. The summed E-state index contributed by atoms with van der Waals surface area (Å²) in [5.74, 6) is 5.82. The quantitative estimate of drug-likeness (QED) is 0.0985. The van der Waals surface area contributed by atoms with Crippen LogP contribution in [0.25, 0.3) is 0 Å². The van der Waals surface area contributed by atoms with Crippen LogP contribution in [0.1, 0.15) is 51.9 Å². The second kappa shape index (κ2) is 42.5. The first-order chi connectivity index (χ1) is 17.7. The molecular formula is C27H30Co2O9Si. The molecule has 0 bridgehead atoms. The van der Waals surface area contributed by atoms with Crippen molar-refractivity contribution < 1.29 is 75.4 Å². The summed E-state index contributed by atoms with van der Waals surface area (Å²) in [7, 11) is -2.04. The van der Waals surface area contributed by atoms with E-state index in [4.69, 9.17) is 37.1 Å². The number of hydrogen-bond acceptors (Lipinski definition) is 3. The average Bonchev–Trinajstić information content (AvgIpc) is 2.96. The van der Waals surface area contributed by atoms with Crippen molar-refractivity contribution in [1.82, 2.24) is 0 Å². The summed E-state index contributed by atoms with van der Waals surface area (Å²) in [4.78, 5) is 11.8. The van der Waals surface area contributed by atoms with Crippen molar-refractivity contribution in [2.45, 2.75) is 58.2 Å². The summed E-state index contributed by atoms with van der Waals surface area (Å²) in [6, 6.07) is 8.88. The van der Waals surface area contributed by atoms with Gasteiger partial charge in [0.25, 0.3) is 8.32 Å². The molecule has 0 saturated carbocycles. The van der Waals surface area contributed by atoms with Gasteiger partial charge in [-0.1, -0.05) is 65.7 Å². The van der Waals surface area contributed by atoms with E-state index in [-0.39, 0.29) is 46.1 Å². The zero-order valence-electron chi connectivity index (χ0n) is 22.4. The van der Waals surface area contributed by atoms with Crippen molar-refractivity contribution in [2.75, 3.05) is 6.61 Å². The maximum absolute atomic E-state index is 11.8. The summed E-state index contributed by atoms with van der Waals surface area (Å²) in [6.45, 7) is 44.3. The van der Waals surface area contributed by atoms with Gasteiger partial charge in [-0.3, -0.25) is 0 Å². The first-order valence-electron chi connectivity index (χ1n) is 10.0. The van der Waals surface area contributed by atoms with Crippen LogP contribution in [-0.2, 0) is 70.6 Å². The van der Waals surface area contributed by atoms with E-state index in [1.165, 1.54) is 0 Å². The van der Waals surface area contributed by atoms with Gasteiger partial charge in [0, 0.05) is 33.6 Å². The predicted molar refractivity (Wildman–Crippen MR) is 129 cm³/mol. The minimum absolute atomic E-state index is 0. The van der Waals surface area contributed by atoms with Crippen molar-refractivity contribution in [3.05, 3.63) is 88.1 Å². The third kappa shape index (κ3) is 25.5. The van der Waals surface area contributed by atoms with Crippen LogP contribution in [-0.4, -0.2) is 20.9 Å². The van der Waals surface area contributed by atoms with Crippen molar-refractivity contribution in [2.24, 2.45) is 0 Å². The van der Waals surface area contributed by atoms with Crippen molar-refractivity contribution in [3.8, 4) is 11.8 Å². The second-order valence-electron chi connectivity index (χ2n) is 7.09. The van der Waals surface area contributed by atoms with Gasteiger partial charge in [-0.15, -0.1) is 0 Å². The van der Waals surface area contributed by atoms with Crippen molar-refractivity contribution in [1.29, 1.82) is 0 Å². The van der Waals surface area contributed by atoms with Crippen LogP contribution in [0.5, 0.6) is 0 Å². The zero-order chi connectivity index (χ0) is 31.0. The van der Waals surface area contributed by atoms with E-state index in [0.29, 0.717) is 27.9 Å². The molecule has 0 heterocycles. The molecule has 39 heavy (non-hydrogen) atoms. The van der Waals surface area contributed by atoms with Gasteiger partial charge in [-0.05, 0) is 41.3 Å². The van der Waals surface area contributed by atoms with Crippen molar-refractivity contribution >= 4 is 14.3 Å². The Morgan fingerprint density at radius 1 is 0.769 bits per heavy atom. The Morgan fingerprint density at radius 2 is 1.10 bits per heavy atom. The number of carbonyl (C=O) groups excluding carboxylic acids is 1. The summed E-state index contributed by atoms with van der Waals surface area (Å²) in [6.07, 6.45) is 0. The molecule has 0 aliphatic heterocycles. The zero-order valence-corrected chi connectivity index (χ0v) is 25.5. The molecule has 0 amide bonds. The first-order valence-corrected chi connectivity index (χ1v) is 12.2. The maximum atomic E-state index is 11.8. The fourth-order valence-electron chi connectivity index (χ4n) is 3.49. The van der Waals surface area contributed by atoms with E-state index in [1.807, 2.05) is 6.07 Å². The molecule has 1 aromatic carbocycles. The molecule has 2 radical (unpaired) electrons. The Hall–Kier alpha value is -2.54. The monoisotopic (exact) mass is 644 g/mol. The SMILES string of the molecule is C=C(C#CCOC(=O)c1ccccc1)O[Si](C(C)C)(C(C)C)C(C)C.[C-]#[O+].[C-]#[O+].[C-]#[O+].[C-]#[O+].[C-]#[O+].[C-]#[O+].[Co].[Co]. The average molecular weight is 644 g/mol. The van der Waals surface area contributed by atoms with E-state index < -0.39 is 8.32 Å². The van der Waals surface area contributed by atoms with Crippen LogP contribution in [0.2, 0.25) is 16.6 Å². The minimum Gasteiger partial charge on any atom is 0 e. The second-order valence-corrected chi connectivity index (χ2v) is 12.5. The molecule has 0 saturated heterocycles. The molecule has 1 rings (SSSR count). The summed E-state index contributed by atoms with van der Waals surface area (Å²) in [5.41, 5.74) is 1.90. The first kappa shape index (κ1) is 56.6. The predicted octanol–water partition coefficient (Wildman–Crippen LogP) is 5.32. The van der Waals surface area contributed by atoms with Crippen LogP contribution in [0.15, 0.2) is 42.7 Å². The van der Waals surface area contributed by atoms with Crippen molar-refractivity contribution in [3.63, 3.8) is 0 Å². The van der Waals surface area contributed by atoms with Gasteiger partial charge in [0.15, 0.2) is 6.61 Å². The maximum Gasteiger partial charge on any atom is 0 e. The third-order valence-electron chi connectivity index (χ3n) is 4.52. The standard InChI is InChI=1S/C21H30O3Si.6CO.2Co/c1-16(2)25(17(3)4,18(5)6)24-19(7)12-11-15-23-21(22)20-13-9-8-10-14-20;6*1-2;;/h8-10,13-14,16-18H,7,15H2,1-6H3;;;;;;;;. The Morgan fingerprint density at radius 3 is 1.41 bits per heavy atom. The molecule has 1 aromatic rings. The molecular weight excluding hydrogens is 614 g/mol. The normalized spacial score (nSPS) is 7.51. The number of allylic oxidation sites excluding steroid dienone is 1. The molecule has 214 valence electrons. The van der Waals surface area contributed by atoms with Crippen LogP contribution < -0.4 is 0 Å². The Kier molecular flexibility index (Phi) is 61.7. The van der Waals surface area contributed by atoms with Crippen LogP contribution in [0.4, 0.5) is 0 Å². The van der Waals surface area contributed by atoms with E-state index in [0.717, 1.165) is 0 Å². The number of carbonyl (C=O) groups is 1. The van der Waals surface area contributed by atoms with Gasteiger partial charge < -0.3 is 9.16 Å². The Bertz CT molecular complexity index is 837. The summed E-state index contributed by atoms with van der Waals surface area (Å²) in [5, 5.41) is 0. The van der Waals surface area contributed by atoms with Crippen LogP contribution in [0.3, 0.4) is 0 Å². The summed E-state index contributed by atoms with van der Waals surface area (Å²) < 4.78 is 56.5. The molecule has 0 aliphatic carbocycles. The Labute approximate surface area is 253 Å². The smallest absolute Gasteiger partial charge is 0 e. The molecule has 0 aliphatic rings. The summed E-state index contributed by atoms with van der Waals surface area (Å²) >= 11 is 0. The molecule has 0 unspecified atom stereocenters. The molecule has 0 fully saturated rings. The van der Waals surface area contributed by atoms with Gasteiger partial charge in [-0.2, -0.15) is 0 Å². The molecule has 12 heteroatoms. The van der Waals surface area contributed by atoms with Gasteiger partial charge in [0.1, 0.15) is 5.76 Å². The molecule has 0 atom stereocenters. The topological polar surface area (TPSA) is 155 Å². The van der Waals surface area contributed by atoms with Crippen LogP contribution in [0, 0.1) is 51.7 Å². The van der Waals surface area contributed by atoms with E-state index >= 15 is 0 Å². The number of rotatable bonds is 7. The fraction of sp³-hybridized carbons (Fsp3) is 0.370. The number of benzene rings is 1. The van der Waals surface area contributed by atoms with Crippen LogP contribution >= 0.6 is 0 Å². The van der Waals surface area contributed by atoms with Gasteiger partial charge in [-0.25, -0.2) is 4.79 Å². The van der Waals surface area contributed by atoms with Gasteiger partial charge in [0.2, 0.25) is 0 Å². The molecule has 0 spiro atoms.